The zero-order chi connectivity index (χ0) is 21.6. The van der Waals surface area contributed by atoms with E-state index in [1.54, 1.807) is 4.90 Å². The smallest absolute Gasteiger partial charge is 0.274 e. The van der Waals surface area contributed by atoms with Gasteiger partial charge in [0.05, 0.1) is 13.2 Å². The number of hydrogen-bond acceptors (Lipinski definition) is 5. The van der Waals surface area contributed by atoms with Gasteiger partial charge in [0.1, 0.15) is 0 Å². The molecule has 1 N–H and O–H groups in total. The second-order valence-electron chi connectivity index (χ2n) is 8.75. The van der Waals surface area contributed by atoms with Crippen molar-refractivity contribution in [1.82, 2.24) is 24.9 Å². The average molecular weight is 426 g/mol. The number of aryl methyl sites for hydroxylation is 1. The first kappa shape index (κ1) is 22.0. The molecule has 2 aromatic rings. The van der Waals surface area contributed by atoms with Gasteiger partial charge >= 0.3 is 0 Å². The SMILES string of the molecule is CN(Cc1ccccc1)C(=O)c1nn(C)c2c1C[C@H](NCCCN1CCOCC1)CC2. The molecule has 31 heavy (non-hydrogen) atoms. The monoisotopic (exact) mass is 425 g/mol. The van der Waals surface area contributed by atoms with Gasteiger partial charge in [-0.1, -0.05) is 30.3 Å². The molecular weight excluding hydrogens is 390 g/mol. The standard InChI is InChI=1S/C24H35N5O2/c1-27(18-19-7-4-3-5-8-19)24(30)23-21-17-20(9-10-22(21)28(2)26-23)25-11-6-12-29-13-15-31-16-14-29/h3-5,7-8,20,25H,6,9-18H2,1-2H3/t20-/m1/s1. The molecule has 1 aromatic carbocycles. The van der Waals surface area contributed by atoms with E-state index in [1.165, 1.54) is 5.69 Å². The summed E-state index contributed by atoms with van der Waals surface area (Å²) in [4.78, 5) is 17.4. The number of fused-ring (bicyclic) bond motifs is 1. The second kappa shape index (κ2) is 10.4. The van der Waals surface area contributed by atoms with E-state index in [-0.39, 0.29) is 5.91 Å². The number of nitrogens with one attached hydrogen (secondary N) is 1. The van der Waals surface area contributed by atoms with Crippen LogP contribution in [0.25, 0.3) is 0 Å². The molecule has 1 aromatic heterocycles. The van der Waals surface area contributed by atoms with Crippen molar-refractivity contribution in [2.45, 2.75) is 38.3 Å². The summed E-state index contributed by atoms with van der Waals surface area (Å²) in [6.07, 6.45) is 4.08. The van der Waals surface area contributed by atoms with Gasteiger partial charge in [-0.15, -0.1) is 0 Å². The van der Waals surface area contributed by atoms with E-state index in [1.807, 2.05) is 37.0 Å². The number of hydrogen-bond donors (Lipinski definition) is 1. The van der Waals surface area contributed by atoms with E-state index < -0.39 is 0 Å². The highest BCUT2D eigenvalue weighted by molar-refractivity contribution is 5.94. The lowest BCUT2D eigenvalue weighted by Crippen LogP contribution is -2.40. The van der Waals surface area contributed by atoms with Crippen LogP contribution in [0.5, 0.6) is 0 Å². The number of benzene rings is 1. The van der Waals surface area contributed by atoms with Gasteiger partial charge in [0, 0.05) is 51.0 Å². The van der Waals surface area contributed by atoms with Gasteiger partial charge in [-0.25, -0.2) is 0 Å². The van der Waals surface area contributed by atoms with E-state index in [0.717, 1.165) is 76.2 Å². The first-order valence-electron chi connectivity index (χ1n) is 11.5. The molecule has 0 saturated carbocycles. The lowest BCUT2D eigenvalue weighted by molar-refractivity contribution is 0.0373. The molecule has 0 spiro atoms. The van der Waals surface area contributed by atoms with Gasteiger partial charge in [-0.2, -0.15) is 5.10 Å². The summed E-state index contributed by atoms with van der Waals surface area (Å²) in [5.74, 6) is 0.00803. The highest BCUT2D eigenvalue weighted by Gasteiger charge is 2.29. The highest BCUT2D eigenvalue weighted by Crippen LogP contribution is 2.25. The first-order chi connectivity index (χ1) is 15.1. The molecule has 0 bridgehead atoms. The molecule has 7 nitrogen and oxygen atoms in total. The Balaban J connectivity index is 1.33. The molecule has 4 rings (SSSR count). The number of aromatic nitrogens is 2. The van der Waals surface area contributed by atoms with E-state index in [4.69, 9.17) is 4.74 Å². The van der Waals surface area contributed by atoms with Crippen LogP contribution < -0.4 is 5.32 Å². The Hall–Kier alpha value is -2.22. The molecule has 1 atom stereocenters. The predicted octanol–water partition coefficient (Wildman–Crippen LogP) is 1.86. The minimum atomic E-state index is 0.00803. The summed E-state index contributed by atoms with van der Waals surface area (Å²) in [5.41, 5.74) is 4.09. The lowest BCUT2D eigenvalue weighted by atomic mass is 9.91. The number of carbonyl (C=O) groups excluding carboxylic acids is 1. The van der Waals surface area contributed by atoms with Crippen molar-refractivity contribution in [3.8, 4) is 0 Å². The fourth-order valence-electron chi connectivity index (χ4n) is 4.68. The van der Waals surface area contributed by atoms with E-state index in [0.29, 0.717) is 18.3 Å². The third kappa shape index (κ3) is 5.53. The van der Waals surface area contributed by atoms with Crippen LogP contribution in [0.2, 0.25) is 0 Å². The molecule has 2 aliphatic rings. The summed E-state index contributed by atoms with van der Waals surface area (Å²) >= 11 is 0. The molecule has 1 saturated heterocycles. The van der Waals surface area contributed by atoms with Crippen LogP contribution in [0.15, 0.2) is 30.3 Å². The van der Waals surface area contributed by atoms with Crippen molar-refractivity contribution >= 4 is 5.91 Å². The van der Waals surface area contributed by atoms with Gasteiger partial charge in [-0.3, -0.25) is 14.4 Å². The number of rotatable bonds is 8. The van der Waals surface area contributed by atoms with Crippen LogP contribution in [0, 0.1) is 0 Å². The van der Waals surface area contributed by atoms with Gasteiger partial charge in [0.25, 0.3) is 5.91 Å². The Morgan fingerprint density at radius 3 is 2.81 bits per heavy atom. The Morgan fingerprint density at radius 2 is 2.03 bits per heavy atom. The molecule has 1 aliphatic carbocycles. The topological polar surface area (TPSA) is 62.6 Å². The molecule has 2 heterocycles. The maximum absolute atomic E-state index is 13.2. The summed E-state index contributed by atoms with van der Waals surface area (Å²) in [7, 11) is 3.82. The van der Waals surface area contributed by atoms with E-state index >= 15 is 0 Å². The molecule has 1 fully saturated rings. The minimum Gasteiger partial charge on any atom is -0.379 e. The van der Waals surface area contributed by atoms with Gasteiger partial charge in [0.2, 0.25) is 0 Å². The number of ether oxygens (including phenoxy) is 1. The highest BCUT2D eigenvalue weighted by atomic mass is 16.5. The molecular formula is C24H35N5O2. The van der Waals surface area contributed by atoms with Crippen LogP contribution in [-0.4, -0.2) is 78.0 Å². The predicted molar refractivity (Wildman–Crippen MR) is 121 cm³/mol. The van der Waals surface area contributed by atoms with E-state index in [2.05, 4.69) is 27.4 Å². The third-order valence-corrected chi connectivity index (χ3v) is 6.45. The number of nitrogens with zero attached hydrogens (tertiary/aromatic N) is 4. The molecule has 168 valence electrons. The molecule has 0 unspecified atom stereocenters. The summed E-state index contributed by atoms with van der Waals surface area (Å²) in [6.45, 7) is 6.53. The number of carbonyl (C=O) groups is 1. The molecule has 1 aliphatic heterocycles. The Kier molecular flexibility index (Phi) is 7.37. The quantitative estimate of drug-likeness (QED) is 0.654. The van der Waals surface area contributed by atoms with Gasteiger partial charge in [-0.05, 0) is 44.3 Å². The minimum absolute atomic E-state index is 0.00803. The Morgan fingerprint density at radius 1 is 1.26 bits per heavy atom. The normalized spacial score (nSPS) is 19.2. The van der Waals surface area contributed by atoms with E-state index in [9.17, 15) is 4.79 Å². The fourth-order valence-corrected chi connectivity index (χ4v) is 4.68. The second-order valence-corrected chi connectivity index (χ2v) is 8.75. The Labute approximate surface area is 185 Å². The Bertz CT molecular complexity index is 860. The van der Waals surface area contributed by atoms with Crippen molar-refractivity contribution in [3.63, 3.8) is 0 Å². The van der Waals surface area contributed by atoms with Gasteiger partial charge < -0.3 is 15.0 Å². The van der Waals surface area contributed by atoms with Crippen molar-refractivity contribution in [2.75, 3.05) is 46.4 Å². The zero-order valence-electron chi connectivity index (χ0n) is 18.8. The maximum atomic E-state index is 13.2. The summed E-state index contributed by atoms with van der Waals surface area (Å²) in [6, 6.07) is 10.5. The molecule has 7 heteroatoms. The van der Waals surface area contributed by atoms with Gasteiger partial charge in [0.15, 0.2) is 5.69 Å². The maximum Gasteiger partial charge on any atom is 0.274 e. The van der Waals surface area contributed by atoms with Crippen LogP contribution in [0.4, 0.5) is 0 Å². The molecule has 0 radical (unpaired) electrons. The number of morpholine rings is 1. The van der Waals surface area contributed by atoms with Crippen LogP contribution in [0.1, 0.15) is 40.2 Å². The van der Waals surface area contributed by atoms with Crippen LogP contribution in [-0.2, 0) is 31.2 Å². The lowest BCUT2D eigenvalue weighted by Gasteiger charge is -2.28. The van der Waals surface area contributed by atoms with Crippen molar-refractivity contribution in [2.24, 2.45) is 7.05 Å². The van der Waals surface area contributed by atoms with Crippen molar-refractivity contribution in [3.05, 3.63) is 52.8 Å². The van der Waals surface area contributed by atoms with Crippen molar-refractivity contribution < 1.29 is 9.53 Å². The third-order valence-electron chi connectivity index (χ3n) is 6.45. The molecule has 1 amide bonds. The summed E-state index contributed by atoms with van der Waals surface area (Å²) < 4.78 is 7.33. The zero-order valence-corrected chi connectivity index (χ0v) is 18.8. The number of amides is 1. The largest absolute Gasteiger partial charge is 0.379 e. The fraction of sp³-hybridized carbons (Fsp3) is 0.583. The van der Waals surface area contributed by atoms with Crippen LogP contribution >= 0.6 is 0 Å². The summed E-state index contributed by atoms with van der Waals surface area (Å²) in [5, 5.41) is 8.35. The van der Waals surface area contributed by atoms with Crippen LogP contribution in [0.3, 0.4) is 0 Å². The average Bonchev–Trinajstić information content (AvgIpc) is 3.13. The van der Waals surface area contributed by atoms with Crippen molar-refractivity contribution in [1.29, 1.82) is 0 Å². The first-order valence-corrected chi connectivity index (χ1v) is 11.5.